The van der Waals surface area contributed by atoms with Crippen LogP contribution in [0.1, 0.15) is 47.7 Å². The fraction of sp³-hybridized carbons (Fsp3) is 0.478. The van der Waals surface area contributed by atoms with E-state index in [2.05, 4.69) is 51.2 Å². The zero-order valence-corrected chi connectivity index (χ0v) is 18.5. The Hall–Kier alpha value is -1.99. The van der Waals surface area contributed by atoms with Crippen molar-refractivity contribution < 1.29 is 9.59 Å². The highest BCUT2D eigenvalue weighted by molar-refractivity contribution is 8.00. The van der Waals surface area contributed by atoms with E-state index in [1.807, 2.05) is 17.8 Å². The van der Waals surface area contributed by atoms with Gasteiger partial charge in [-0.1, -0.05) is 36.8 Å². The van der Waals surface area contributed by atoms with Crippen LogP contribution >= 0.6 is 23.1 Å². The normalized spacial score (nSPS) is 27.3. The van der Waals surface area contributed by atoms with E-state index in [9.17, 15) is 9.59 Å². The molecule has 0 bridgehead atoms. The van der Waals surface area contributed by atoms with Crippen molar-refractivity contribution in [3.63, 3.8) is 0 Å². The van der Waals surface area contributed by atoms with E-state index in [0.29, 0.717) is 11.7 Å². The standard InChI is InChI=1S/C23H27N3O2S2/c27-20(9-5-4-8-19-21-17(14-30-19)24-23(28)25-21)26-12-10-18-16(11-13-29-18)22(26)15-6-2-1-3-7-15/h1-3,6-7,11,13,17,19,21-22H,4-5,8-10,12,14H2,(H2,24,25,28)/t17-,19-,21-,22-/m1/s1. The van der Waals surface area contributed by atoms with Gasteiger partial charge in [-0.3, -0.25) is 4.79 Å². The van der Waals surface area contributed by atoms with Crippen LogP contribution in [0.15, 0.2) is 41.8 Å². The highest BCUT2D eigenvalue weighted by Crippen LogP contribution is 2.38. The second kappa shape index (κ2) is 8.63. The number of carbonyl (C=O) groups is 2. The number of thiophene rings is 1. The molecule has 3 amide bonds. The molecule has 0 spiro atoms. The van der Waals surface area contributed by atoms with Crippen molar-refractivity contribution in [1.29, 1.82) is 0 Å². The summed E-state index contributed by atoms with van der Waals surface area (Å²) in [5, 5.41) is 8.66. The molecule has 0 unspecified atom stereocenters. The Balaban J connectivity index is 1.19. The maximum atomic E-state index is 13.2. The highest BCUT2D eigenvalue weighted by atomic mass is 32.2. The van der Waals surface area contributed by atoms with Crippen LogP contribution in [-0.2, 0) is 11.2 Å². The number of urea groups is 1. The van der Waals surface area contributed by atoms with Crippen LogP contribution in [0.4, 0.5) is 4.79 Å². The van der Waals surface area contributed by atoms with E-state index < -0.39 is 0 Å². The van der Waals surface area contributed by atoms with Crippen molar-refractivity contribution in [3.8, 4) is 0 Å². The molecule has 158 valence electrons. The molecule has 0 radical (unpaired) electrons. The molecule has 4 atom stereocenters. The number of amides is 3. The number of hydrogen-bond acceptors (Lipinski definition) is 4. The Morgan fingerprint density at radius 3 is 2.87 bits per heavy atom. The van der Waals surface area contributed by atoms with Crippen LogP contribution < -0.4 is 10.6 Å². The molecule has 2 saturated heterocycles. The van der Waals surface area contributed by atoms with E-state index in [4.69, 9.17) is 0 Å². The third-order valence-corrected chi connectivity index (χ3v) is 8.97. The lowest BCUT2D eigenvalue weighted by Gasteiger charge is -2.36. The van der Waals surface area contributed by atoms with Crippen molar-refractivity contribution >= 4 is 35.0 Å². The van der Waals surface area contributed by atoms with Crippen molar-refractivity contribution in [1.82, 2.24) is 15.5 Å². The summed E-state index contributed by atoms with van der Waals surface area (Å²) >= 11 is 3.75. The average molecular weight is 442 g/mol. The van der Waals surface area contributed by atoms with Gasteiger partial charge in [0.2, 0.25) is 5.91 Å². The summed E-state index contributed by atoms with van der Waals surface area (Å²) in [6.45, 7) is 0.797. The predicted octanol–water partition coefficient (Wildman–Crippen LogP) is 3.95. The summed E-state index contributed by atoms with van der Waals surface area (Å²) in [5.74, 6) is 1.25. The second-order valence-electron chi connectivity index (χ2n) is 8.32. The second-order valence-corrected chi connectivity index (χ2v) is 10.6. The van der Waals surface area contributed by atoms with E-state index in [1.165, 1.54) is 16.0 Å². The van der Waals surface area contributed by atoms with E-state index in [0.717, 1.165) is 38.0 Å². The van der Waals surface area contributed by atoms with Gasteiger partial charge in [0.1, 0.15) is 0 Å². The van der Waals surface area contributed by atoms with Crippen molar-refractivity contribution in [2.24, 2.45) is 0 Å². The number of carbonyl (C=O) groups excluding carboxylic acids is 2. The molecule has 1 aromatic heterocycles. The fourth-order valence-corrected chi connectivity index (χ4v) is 7.44. The van der Waals surface area contributed by atoms with Gasteiger partial charge in [-0.15, -0.1) is 11.3 Å². The summed E-state index contributed by atoms with van der Waals surface area (Å²) < 4.78 is 0. The molecule has 0 saturated carbocycles. The zero-order chi connectivity index (χ0) is 20.5. The summed E-state index contributed by atoms with van der Waals surface area (Å²) in [5.41, 5.74) is 2.49. The topological polar surface area (TPSA) is 61.4 Å². The van der Waals surface area contributed by atoms with Crippen LogP contribution in [0.2, 0.25) is 0 Å². The van der Waals surface area contributed by atoms with Crippen LogP contribution in [0.3, 0.4) is 0 Å². The van der Waals surface area contributed by atoms with Crippen molar-refractivity contribution in [2.75, 3.05) is 12.3 Å². The summed E-state index contributed by atoms with van der Waals surface area (Å²) in [6, 6.07) is 13.1. The Morgan fingerprint density at radius 1 is 1.13 bits per heavy atom. The van der Waals surface area contributed by atoms with Gasteiger partial charge in [0.25, 0.3) is 0 Å². The van der Waals surface area contributed by atoms with Gasteiger partial charge in [0, 0.05) is 28.8 Å². The number of fused-ring (bicyclic) bond motifs is 2. The van der Waals surface area contributed by atoms with Gasteiger partial charge in [0.15, 0.2) is 0 Å². The maximum Gasteiger partial charge on any atom is 0.315 e. The molecule has 3 aliphatic heterocycles. The van der Waals surface area contributed by atoms with Crippen LogP contribution in [-0.4, -0.2) is 46.5 Å². The van der Waals surface area contributed by atoms with E-state index in [-0.39, 0.29) is 30.1 Å². The van der Waals surface area contributed by atoms with E-state index >= 15 is 0 Å². The van der Waals surface area contributed by atoms with Crippen LogP contribution in [0.25, 0.3) is 0 Å². The van der Waals surface area contributed by atoms with Gasteiger partial charge in [-0.2, -0.15) is 11.8 Å². The monoisotopic (exact) mass is 441 g/mol. The number of rotatable bonds is 6. The fourth-order valence-electron chi connectivity index (χ4n) is 4.99. The first-order valence-corrected chi connectivity index (χ1v) is 12.7. The maximum absolute atomic E-state index is 13.2. The van der Waals surface area contributed by atoms with Gasteiger partial charge < -0.3 is 15.5 Å². The molecular weight excluding hydrogens is 414 g/mol. The summed E-state index contributed by atoms with van der Waals surface area (Å²) in [7, 11) is 0. The first kappa shape index (κ1) is 19.9. The minimum absolute atomic E-state index is 0.0321. The molecule has 3 aliphatic rings. The Kier molecular flexibility index (Phi) is 5.74. The highest BCUT2D eigenvalue weighted by Gasteiger charge is 2.42. The molecule has 5 nitrogen and oxygen atoms in total. The largest absolute Gasteiger partial charge is 0.332 e. The minimum atomic E-state index is -0.0321. The molecule has 4 heterocycles. The number of nitrogens with zero attached hydrogens (tertiary/aromatic N) is 1. The molecule has 30 heavy (non-hydrogen) atoms. The first-order valence-electron chi connectivity index (χ1n) is 10.8. The lowest BCUT2D eigenvalue weighted by molar-refractivity contribution is -0.133. The summed E-state index contributed by atoms with van der Waals surface area (Å²) in [6.07, 6.45) is 4.53. The van der Waals surface area contributed by atoms with Crippen LogP contribution in [0, 0.1) is 0 Å². The molecular formula is C23H27N3O2S2. The Labute approximate surface area is 185 Å². The number of unbranched alkanes of at least 4 members (excludes halogenated alkanes) is 1. The Bertz CT molecular complexity index is 916. The predicted molar refractivity (Wildman–Crippen MR) is 122 cm³/mol. The third kappa shape index (κ3) is 3.85. The van der Waals surface area contributed by atoms with Crippen LogP contribution in [0.5, 0.6) is 0 Å². The summed E-state index contributed by atoms with van der Waals surface area (Å²) in [4.78, 5) is 28.2. The van der Waals surface area contributed by atoms with E-state index in [1.54, 1.807) is 11.3 Å². The molecule has 1 aromatic carbocycles. The van der Waals surface area contributed by atoms with Gasteiger partial charge in [0.05, 0.1) is 18.1 Å². The third-order valence-electron chi connectivity index (χ3n) is 6.47. The Morgan fingerprint density at radius 2 is 2.00 bits per heavy atom. The van der Waals surface area contributed by atoms with Gasteiger partial charge >= 0.3 is 6.03 Å². The first-order chi connectivity index (χ1) is 14.7. The molecule has 7 heteroatoms. The van der Waals surface area contributed by atoms with Gasteiger partial charge in [-0.05, 0) is 41.8 Å². The molecule has 0 aliphatic carbocycles. The zero-order valence-electron chi connectivity index (χ0n) is 16.9. The quantitative estimate of drug-likeness (QED) is 0.527. The molecule has 2 fully saturated rings. The number of thioether (sulfide) groups is 1. The number of nitrogens with one attached hydrogen (secondary N) is 2. The SMILES string of the molecule is O=C1N[C@@H]2[C@@H](CS[C@@H]2CCCCC(=O)N2CCc3sccc3[C@H]2c2ccccc2)N1. The van der Waals surface area contributed by atoms with Crippen molar-refractivity contribution in [3.05, 3.63) is 57.8 Å². The molecule has 5 rings (SSSR count). The van der Waals surface area contributed by atoms with Crippen molar-refractivity contribution in [2.45, 2.75) is 55.5 Å². The number of hydrogen-bond donors (Lipinski definition) is 2. The lowest BCUT2D eigenvalue weighted by atomic mass is 9.92. The average Bonchev–Trinajstić information content (AvgIpc) is 3.47. The van der Waals surface area contributed by atoms with Gasteiger partial charge in [-0.25, -0.2) is 4.79 Å². The molecule has 2 aromatic rings. The smallest absolute Gasteiger partial charge is 0.315 e. The minimum Gasteiger partial charge on any atom is -0.332 e. The number of benzene rings is 1. The molecule has 2 N–H and O–H groups in total. The lowest BCUT2D eigenvalue weighted by Crippen LogP contribution is -2.40.